The third-order valence-corrected chi connectivity index (χ3v) is 5.59. The summed E-state index contributed by atoms with van der Waals surface area (Å²) in [6.45, 7) is 4.15. The molecule has 2 fully saturated rings. The Balaban J connectivity index is 0.00000182. The zero-order chi connectivity index (χ0) is 16.6. The van der Waals surface area contributed by atoms with Crippen LogP contribution in [0.25, 0.3) is 10.9 Å². The molecule has 1 aromatic heterocycles. The van der Waals surface area contributed by atoms with E-state index in [0.717, 1.165) is 45.4 Å². The van der Waals surface area contributed by atoms with Crippen molar-refractivity contribution < 1.29 is 9.53 Å². The molecule has 2 saturated heterocycles. The number of ether oxygens (including phenoxy) is 1. The number of halogens is 1. The number of morpholine rings is 1. The van der Waals surface area contributed by atoms with Crippen molar-refractivity contribution in [1.82, 2.24) is 14.8 Å². The number of nitrogens with zero attached hydrogens (tertiary/aromatic N) is 2. The molecule has 3 heterocycles. The first-order valence-corrected chi connectivity index (χ1v) is 8.81. The smallest absolute Gasteiger partial charge is 0.248 e. The van der Waals surface area contributed by atoms with E-state index >= 15 is 0 Å². The van der Waals surface area contributed by atoms with Crippen LogP contribution >= 0.6 is 12.4 Å². The first-order valence-electron chi connectivity index (χ1n) is 8.81. The maximum absolute atomic E-state index is 11.6. The van der Waals surface area contributed by atoms with Gasteiger partial charge in [0, 0.05) is 50.3 Å². The molecule has 0 radical (unpaired) electrons. The van der Waals surface area contributed by atoms with Crippen LogP contribution in [-0.4, -0.2) is 66.1 Å². The van der Waals surface area contributed by atoms with Gasteiger partial charge in [-0.15, -0.1) is 12.4 Å². The van der Waals surface area contributed by atoms with Crippen molar-refractivity contribution in [3.63, 3.8) is 0 Å². The van der Waals surface area contributed by atoms with Gasteiger partial charge >= 0.3 is 0 Å². The number of hydrogen-bond donors (Lipinski definition) is 1. The Bertz CT molecular complexity index is 737. The molecule has 0 bridgehead atoms. The topological polar surface area (TPSA) is 48.6 Å². The summed E-state index contributed by atoms with van der Waals surface area (Å²) in [5.74, 6) is 0.0994. The van der Waals surface area contributed by atoms with Gasteiger partial charge in [-0.05, 0) is 30.9 Å². The van der Waals surface area contributed by atoms with Crippen molar-refractivity contribution in [3.8, 4) is 0 Å². The molecular weight excluding hydrogens is 338 g/mol. The van der Waals surface area contributed by atoms with E-state index < -0.39 is 0 Å². The number of fused-ring (bicyclic) bond motifs is 1. The molecule has 1 spiro atoms. The summed E-state index contributed by atoms with van der Waals surface area (Å²) >= 11 is 0. The molecule has 0 aliphatic carbocycles. The lowest BCUT2D eigenvalue weighted by atomic mass is 9.89. The molecule has 6 heteroatoms. The Morgan fingerprint density at radius 3 is 2.76 bits per heavy atom. The highest BCUT2D eigenvalue weighted by Gasteiger charge is 2.40. The van der Waals surface area contributed by atoms with Crippen molar-refractivity contribution in [3.05, 3.63) is 36.0 Å². The molecule has 5 nitrogen and oxygen atoms in total. The van der Waals surface area contributed by atoms with E-state index in [1.165, 1.54) is 16.5 Å². The molecule has 2 aliphatic heterocycles. The van der Waals surface area contributed by atoms with Crippen LogP contribution in [0.3, 0.4) is 0 Å². The molecule has 1 aromatic carbocycles. The predicted molar refractivity (Wildman–Crippen MR) is 101 cm³/mol. The second-order valence-electron chi connectivity index (χ2n) is 7.17. The van der Waals surface area contributed by atoms with Gasteiger partial charge in [-0.1, -0.05) is 18.2 Å². The number of likely N-dealkylation sites (tertiary alicyclic amines) is 1. The van der Waals surface area contributed by atoms with Gasteiger partial charge in [0.05, 0.1) is 5.60 Å². The van der Waals surface area contributed by atoms with E-state index in [2.05, 4.69) is 40.3 Å². The highest BCUT2D eigenvalue weighted by atomic mass is 35.5. The number of H-pyrrole nitrogens is 1. The summed E-state index contributed by atoms with van der Waals surface area (Å²) in [5, 5.41) is 1.33. The monoisotopic (exact) mass is 363 g/mol. The van der Waals surface area contributed by atoms with Crippen LogP contribution < -0.4 is 0 Å². The summed E-state index contributed by atoms with van der Waals surface area (Å²) < 4.78 is 5.92. The lowest BCUT2D eigenvalue weighted by molar-refractivity contribution is -0.168. The summed E-state index contributed by atoms with van der Waals surface area (Å²) in [7, 11) is 1.88. The van der Waals surface area contributed by atoms with E-state index in [-0.39, 0.29) is 30.5 Å². The zero-order valence-electron chi connectivity index (χ0n) is 14.7. The molecule has 0 unspecified atom stereocenters. The van der Waals surface area contributed by atoms with Gasteiger partial charge in [0.15, 0.2) is 0 Å². The highest BCUT2D eigenvalue weighted by molar-refractivity contribution is 5.85. The van der Waals surface area contributed by atoms with Crippen LogP contribution in [0.4, 0.5) is 0 Å². The molecular formula is C19H26ClN3O2. The van der Waals surface area contributed by atoms with E-state index in [1.807, 2.05) is 11.9 Å². The van der Waals surface area contributed by atoms with Crippen LogP contribution in [0.1, 0.15) is 18.4 Å². The molecule has 25 heavy (non-hydrogen) atoms. The first-order chi connectivity index (χ1) is 11.7. The average Bonchev–Trinajstić information content (AvgIpc) is 3.02. The standard InChI is InChI=1S/C19H25N3O2.ClH/c1-21-14-19(24-13-18(21)23)7-10-22(11-8-19)9-6-15-12-20-17-5-3-2-4-16(15)17;/h2-5,12,20H,6-11,13-14H2,1H3;1H. The molecule has 0 atom stereocenters. The number of piperidine rings is 1. The lowest BCUT2D eigenvalue weighted by Gasteiger charge is -2.46. The number of hydrogen-bond acceptors (Lipinski definition) is 3. The fourth-order valence-corrected chi connectivity index (χ4v) is 3.99. The minimum Gasteiger partial charge on any atom is -0.363 e. The van der Waals surface area contributed by atoms with Gasteiger partial charge in [0.25, 0.3) is 0 Å². The predicted octanol–water partition coefficient (Wildman–Crippen LogP) is 2.46. The Labute approximate surface area is 154 Å². The van der Waals surface area contributed by atoms with Gasteiger partial charge in [0.1, 0.15) is 6.61 Å². The maximum Gasteiger partial charge on any atom is 0.248 e. The number of benzene rings is 1. The molecule has 4 rings (SSSR count). The van der Waals surface area contributed by atoms with Crippen LogP contribution in [0.5, 0.6) is 0 Å². The van der Waals surface area contributed by atoms with Gasteiger partial charge in [0.2, 0.25) is 5.91 Å². The van der Waals surface area contributed by atoms with E-state index in [1.54, 1.807) is 0 Å². The third-order valence-electron chi connectivity index (χ3n) is 5.59. The zero-order valence-corrected chi connectivity index (χ0v) is 15.5. The second kappa shape index (κ2) is 7.36. The van der Waals surface area contributed by atoms with Crippen LogP contribution in [-0.2, 0) is 16.0 Å². The number of aromatic nitrogens is 1. The summed E-state index contributed by atoms with van der Waals surface area (Å²) in [6.07, 6.45) is 5.23. The first kappa shape index (κ1) is 18.2. The molecule has 1 N–H and O–H groups in total. The molecule has 2 aliphatic rings. The Hall–Kier alpha value is -1.56. The van der Waals surface area contributed by atoms with Crippen molar-refractivity contribution in [2.45, 2.75) is 24.9 Å². The van der Waals surface area contributed by atoms with E-state index in [4.69, 9.17) is 4.74 Å². The summed E-state index contributed by atoms with van der Waals surface area (Å²) in [6, 6.07) is 8.48. The third kappa shape index (κ3) is 3.68. The number of nitrogens with one attached hydrogen (secondary N) is 1. The second-order valence-corrected chi connectivity index (χ2v) is 7.17. The van der Waals surface area contributed by atoms with Gasteiger partial charge < -0.3 is 19.5 Å². The SMILES string of the molecule is CN1CC2(CCN(CCc3c[nH]c4ccccc34)CC2)OCC1=O.Cl. The molecule has 0 saturated carbocycles. The molecule has 2 aromatic rings. The van der Waals surface area contributed by atoms with Crippen LogP contribution in [0, 0.1) is 0 Å². The Kier molecular flexibility index (Phi) is 5.37. The summed E-state index contributed by atoms with van der Waals surface area (Å²) in [5.41, 5.74) is 2.50. The van der Waals surface area contributed by atoms with Crippen molar-refractivity contribution in [1.29, 1.82) is 0 Å². The maximum atomic E-state index is 11.6. The molecule has 136 valence electrons. The average molecular weight is 364 g/mol. The number of carbonyl (C=O) groups excluding carboxylic acids is 1. The number of para-hydroxylation sites is 1. The molecule has 1 amide bonds. The van der Waals surface area contributed by atoms with E-state index in [9.17, 15) is 4.79 Å². The number of aromatic amines is 1. The van der Waals surface area contributed by atoms with Crippen molar-refractivity contribution >= 4 is 29.2 Å². The van der Waals surface area contributed by atoms with Crippen molar-refractivity contribution in [2.75, 3.05) is 39.8 Å². The normalized spacial score (nSPS) is 20.8. The van der Waals surface area contributed by atoms with Crippen LogP contribution in [0.2, 0.25) is 0 Å². The van der Waals surface area contributed by atoms with E-state index in [0.29, 0.717) is 0 Å². The Morgan fingerprint density at radius 1 is 1.24 bits per heavy atom. The fourth-order valence-electron chi connectivity index (χ4n) is 3.99. The number of rotatable bonds is 3. The lowest BCUT2D eigenvalue weighted by Crippen LogP contribution is -2.57. The number of carbonyl (C=O) groups is 1. The highest BCUT2D eigenvalue weighted by Crippen LogP contribution is 2.30. The van der Waals surface area contributed by atoms with Crippen molar-refractivity contribution in [2.24, 2.45) is 0 Å². The minimum atomic E-state index is -0.111. The van der Waals surface area contributed by atoms with Gasteiger partial charge in [-0.2, -0.15) is 0 Å². The quantitative estimate of drug-likeness (QED) is 0.911. The number of likely N-dealkylation sites (N-methyl/N-ethyl adjacent to an activating group) is 1. The fraction of sp³-hybridized carbons (Fsp3) is 0.526. The summed E-state index contributed by atoms with van der Waals surface area (Å²) in [4.78, 5) is 19.3. The number of amides is 1. The van der Waals surface area contributed by atoms with Gasteiger partial charge in [-0.3, -0.25) is 4.79 Å². The van der Waals surface area contributed by atoms with Gasteiger partial charge in [-0.25, -0.2) is 0 Å². The largest absolute Gasteiger partial charge is 0.363 e. The Morgan fingerprint density at radius 2 is 2.00 bits per heavy atom. The minimum absolute atomic E-state index is 0. The van der Waals surface area contributed by atoms with Crippen LogP contribution in [0.15, 0.2) is 30.5 Å².